The topological polar surface area (TPSA) is 46.7 Å². The number of benzene rings is 2. The summed E-state index contributed by atoms with van der Waals surface area (Å²) in [6.07, 6.45) is -0.105. The second-order valence-corrected chi connectivity index (χ2v) is 6.28. The van der Waals surface area contributed by atoms with Crippen LogP contribution < -0.4 is 0 Å². The molecule has 0 amide bonds. The maximum Gasteiger partial charge on any atom is 0.181 e. The van der Waals surface area contributed by atoms with Crippen LogP contribution in [0, 0.1) is 0 Å². The zero-order valence-corrected chi connectivity index (χ0v) is 9.98. The zero-order chi connectivity index (χ0) is 11.9. The van der Waals surface area contributed by atoms with E-state index in [2.05, 4.69) is 0 Å². The van der Waals surface area contributed by atoms with E-state index in [4.69, 9.17) is 4.74 Å². The number of fused-ring (bicyclic) bond motifs is 1. The standard InChI is InChI=1S/C13H12O3S/c14-17(15,9-12-8-16-12)13-6-5-10-3-1-2-4-11(10)7-13/h1-7,12H,8-9H2. The molecule has 1 atom stereocenters. The lowest BCUT2D eigenvalue weighted by Gasteiger charge is -2.04. The second-order valence-electron chi connectivity index (χ2n) is 4.25. The van der Waals surface area contributed by atoms with Gasteiger partial charge in [-0.1, -0.05) is 30.3 Å². The highest BCUT2D eigenvalue weighted by Gasteiger charge is 2.30. The van der Waals surface area contributed by atoms with Gasteiger partial charge in [-0.15, -0.1) is 0 Å². The molecule has 17 heavy (non-hydrogen) atoms. The van der Waals surface area contributed by atoms with E-state index < -0.39 is 9.84 Å². The van der Waals surface area contributed by atoms with Gasteiger partial charge in [0.25, 0.3) is 0 Å². The molecular weight excluding hydrogens is 236 g/mol. The number of sulfone groups is 1. The summed E-state index contributed by atoms with van der Waals surface area (Å²) in [7, 11) is -3.21. The van der Waals surface area contributed by atoms with Crippen molar-refractivity contribution in [1.29, 1.82) is 0 Å². The van der Waals surface area contributed by atoms with Crippen LogP contribution in [0.25, 0.3) is 10.8 Å². The predicted molar refractivity (Wildman–Crippen MR) is 65.7 cm³/mol. The fourth-order valence-corrected chi connectivity index (χ4v) is 3.32. The summed E-state index contributed by atoms with van der Waals surface area (Å²) in [6, 6.07) is 13.0. The molecule has 4 heteroatoms. The largest absolute Gasteiger partial charge is 0.372 e. The van der Waals surface area contributed by atoms with Crippen molar-refractivity contribution >= 4 is 20.6 Å². The van der Waals surface area contributed by atoms with Crippen LogP contribution in [0.2, 0.25) is 0 Å². The summed E-state index contributed by atoms with van der Waals surface area (Å²) < 4.78 is 29.1. The Morgan fingerprint density at radius 3 is 2.53 bits per heavy atom. The van der Waals surface area contributed by atoms with Crippen LogP contribution in [-0.2, 0) is 14.6 Å². The number of ether oxygens (including phenoxy) is 1. The molecule has 88 valence electrons. The highest BCUT2D eigenvalue weighted by molar-refractivity contribution is 7.91. The molecule has 0 radical (unpaired) electrons. The molecule has 1 heterocycles. The van der Waals surface area contributed by atoms with Gasteiger partial charge in [0.05, 0.1) is 23.4 Å². The first-order valence-electron chi connectivity index (χ1n) is 5.48. The third kappa shape index (κ3) is 2.18. The predicted octanol–water partition coefficient (Wildman–Crippen LogP) is 2.01. The Labute approximate surface area is 99.9 Å². The van der Waals surface area contributed by atoms with Gasteiger partial charge in [-0.25, -0.2) is 8.42 Å². The molecule has 1 aliphatic heterocycles. The highest BCUT2D eigenvalue weighted by Crippen LogP contribution is 2.22. The lowest BCUT2D eigenvalue weighted by Crippen LogP contribution is -2.11. The van der Waals surface area contributed by atoms with Crippen molar-refractivity contribution in [3.63, 3.8) is 0 Å². The molecule has 0 bridgehead atoms. The van der Waals surface area contributed by atoms with Crippen molar-refractivity contribution in [2.45, 2.75) is 11.0 Å². The third-order valence-electron chi connectivity index (χ3n) is 2.89. The van der Waals surface area contributed by atoms with Crippen molar-refractivity contribution in [2.75, 3.05) is 12.4 Å². The van der Waals surface area contributed by atoms with Gasteiger partial charge in [-0.2, -0.15) is 0 Å². The van der Waals surface area contributed by atoms with E-state index >= 15 is 0 Å². The van der Waals surface area contributed by atoms with Gasteiger partial charge in [0.2, 0.25) is 0 Å². The number of rotatable bonds is 3. The molecule has 1 aliphatic rings. The minimum absolute atomic E-state index is 0.0886. The van der Waals surface area contributed by atoms with Crippen molar-refractivity contribution in [3.05, 3.63) is 42.5 Å². The highest BCUT2D eigenvalue weighted by atomic mass is 32.2. The zero-order valence-electron chi connectivity index (χ0n) is 9.17. The molecule has 0 spiro atoms. The van der Waals surface area contributed by atoms with Gasteiger partial charge in [0, 0.05) is 0 Å². The summed E-state index contributed by atoms with van der Waals surface area (Å²) in [4.78, 5) is 0.381. The van der Waals surface area contributed by atoms with Gasteiger partial charge >= 0.3 is 0 Å². The van der Waals surface area contributed by atoms with E-state index in [-0.39, 0.29) is 11.9 Å². The van der Waals surface area contributed by atoms with Crippen LogP contribution in [0.1, 0.15) is 0 Å². The van der Waals surface area contributed by atoms with Crippen molar-refractivity contribution in [3.8, 4) is 0 Å². The van der Waals surface area contributed by atoms with E-state index in [0.29, 0.717) is 11.5 Å². The average Bonchev–Trinajstić information content (AvgIpc) is 3.11. The maximum absolute atomic E-state index is 12.0. The van der Waals surface area contributed by atoms with Crippen LogP contribution in [0.3, 0.4) is 0 Å². The Balaban J connectivity index is 2.04. The van der Waals surface area contributed by atoms with Gasteiger partial charge < -0.3 is 4.74 Å². The summed E-state index contributed by atoms with van der Waals surface area (Å²) in [5, 5.41) is 2.00. The quantitative estimate of drug-likeness (QED) is 0.781. The summed E-state index contributed by atoms with van der Waals surface area (Å²) in [5.74, 6) is 0.0886. The monoisotopic (exact) mass is 248 g/mol. The average molecular weight is 248 g/mol. The molecule has 3 nitrogen and oxygen atoms in total. The molecule has 3 rings (SSSR count). The Bertz CT molecular complexity index is 657. The Kier molecular flexibility index (Phi) is 2.42. The first kappa shape index (κ1) is 10.7. The van der Waals surface area contributed by atoms with Crippen LogP contribution in [0.15, 0.2) is 47.4 Å². The van der Waals surface area contributed by atoms with E-state index in [1.54, 1.807) is 12.1 Å². The van der Waals surface area contributed by atoms with Crippen LogP contribution in [0.5, 0.6) is 0 Å². The lowest BCUT2D eigenvalue weighted by molar-refractivity contribution is 0.422. The first-order chi connectivity index (χ1) is 8.15. The van der Waals surface area contributed by atoms with Crippen molar-refractivity contribution in [2.24, 2.45) is 0 Å². The molecule has 0 aromatic heterocycles. The van der Waals surface area contributed by atoms with E-state index in [1.165, 1.54) is 0 Å². The van der Waals surface area contributed by atoms with E-state index in [1.807, 2.05) is 30.3 Å². The van der Waals surface area contributed by atoms with Crippen LogP contribution >= 0.6 is 0 Å². The van der Waals surface area contributed by atoms with Crippen LogP contribution in [-0.4, -0.2) is 26.9 Å². The molecule has 0 aliphatic carbocycles. The number of hydrogen-bond donors (Lipinski definition) is 0. The smallest absolute Gasteiger partial charge is 0.181 e. The fourth-order valence-electron chi connectivity index (χ4n) is 1.87. The summed E-state index contributed by atoms with van der Waals surface area (Å²) in [6.45, 7) is 0.562. The molecule has 0 N–H and O–H groups in total. The Hall–Kier alpha value is -1.39. The third-order valence-corrected chi connectivity index (χ3v) is 4.67. The molecule has 0 saturated carbocycles. The summed E-state index contributed by atoms with van der Waals surface area (Å²) >= 11 is 0. The maximum atomic E-state index is 12.0. The summed E-state index contributed by atoms with van der Waals surface area (Å²) in [5.41, 5.74) is 0. The molecule has 1 unspecified atom stereocenters. The number of epoxide rings is 1. The molecule has 2 aromatic carbocycles. The van der Waals surface area contributed by atoms with Gasteiger partial charge in [-0.05, 0) is 22.9 Å². The SMILES string of the molecule is O=S(=O)(CC1CO1)c1ccc2ccccc2c1. The normalized spacial score (nSPS) is 19.4. The van der Waals surface area contributed by atoms with Gasteiger partial charge in [0.15, 0.2) is 9.84 Å². The Morgan fingerprint density at radius 1 is 1.12 bits per heavy atom. The van der Waals surface area contributed by atoms with Crippen LogP contribution in [0.4, 0.5) is 0 Å². The van der Waals surface area contributed by atoms with Gasteiger partial charge in [-0.3, -0.25) is 0 Å². The van der Waals surface area contributed by atoms with Gasteiger partial charge in [0.1, 0.15) is 0 Å². The molecule has 1 fully saturated rings. The number of hydrogen-bond acceptors (Lipinski definition) is 3. The molecular formula is C13H12O3S. The molecule has 1 saturated heterocycles. The van der Waals surface area contributed by atoms with E-state index in [9.17, 15) is 8.42 Å². The lowest BCUT2D eigenvalue weighted by atomic mass is 10.1. The minimum atomic E-state index is -3.21. The second kappa shape index (κ2) is 3.82. The minimum Gasteiger partial charge on any atom is -0.372 e. The Morgan fingerprint density at radius 2 is 1.82 bits per heavy atom. The van der Waals surface area contributed by atoms with Crippen molar-refractivity contribution < 1.29 is 13.2 Å². The first-order valence-corrected chi connectivity index (χ1v) is 7.13. The molecule has 2 aromatic rings. The van der Waals surface area contributed by atoms with Crippen molar-refractivity contribution in [1.82, 2.24) is 0 Å². The fraction of sp³-hybridized carbons (Fsp3) is 0.231. The van der Waals surface area contributed by atoms with E-state index in [0.717, 1.165) is 10.8 Å².